The number of aromatic nitrogens is 1. The Morgan fingerprint density at radius 2 is 2.36 bits per heavy atom. The number of rotatable bonds is 2. The molecule has 0 aliphatic heterocycles. The van der Waals surface area contributed by atoms with Crippen LogP contribution in [0.2, 0.25) is 5.02 Å². The third-order valence-electron chi connectivity index (χ3n) is 1.17. The molecule has 0 radical (unpaired) electrons. The van der Waals surface area contributed by atoms with Crippen molar-refractivity contribution in [3.63, 3.8) is 0 Å². The van der Waals surface area contributed by atoms with Crippen LogP contribution in [0.25, 0.3) is 0 Å². The van der Waals surface area contributed by atoms with Crippen LogP contribution in [0.3, 0.4) is 0 Å². The van der Waals surface area contributed by atoms with E-state index in [1.165, 1.54) is 0 Å². The Balaban J connectivity index is 3.02. The summed E-state index contributed by atoms with van der Waals surface area (Å²) in [5.41, 5.74) is 0.870. The van der Waals surface area contributed by atoms with Crippen molar-refractivity contribution < 1.29 is 4.74 Å². The molecule has 1 aromatic heterocycles. The highest BCUT2D eigenvalue weighted by atomic mass is 79.9. The van der Waals surface area contributed by atoms with Gasteiger partial charge in [0.15, 0.2) is 0 Å². The zero-order chi connectivity index (χ0) is 8.27. The fourth-order valence-electron chi connectivity index (χ4n) is 0.698. The molecule has 4 heteroatoms. The maximum Gasteiger partial charge on any atom is 0.214 e. The summed E-state index contributed by atoms with van der Waals surface area (Å²) < 4.78 is 4.92. The molecular formula is C7H7BrClNO. The predicted octanol–water partition coefficient (Wildman–Crippen LogP) is 2.64. The lowest BCUT2D eigenvalue weighted by molar-refractivity contribution is 0.397. The lowest BCUT2D eigenvalue weighted by Crippen LogP contribution is -1.90. The summed E-state index contributed by atoms with van der Waals surface area (Å²) in [7, 11) is 1.57. The number of hydrogen-bond donors (Lipinski definition) is 0. The molecule has 1 rings (SSSR count). The van der Waals surface area contributed by atoms with E-state index >= 15 is 0 Å². The van der Waals surface area contributed by atoms with Gasteiger partial charge in [0.2, 0.25) is 5.88 Å². The predicted molar refractivity (Wildman–Crippen MR) is 48.4 cm³/mol. The number of halogens is 2. The first kappa shape index (κ1) is 8.81. The van der Waals surface area contributed by atoms with Gasteiger partial charge < -0.3 is 4.74 Å². The molecule has 11 heavy (non-hydrogen) atoms. The Kier molecular flexibility index (Phi) is 3.15. The first-order valence-electron chi connectivity index (χ1n) is 3.02. The largest absolute Gasteiger partial charge is 0.481 e. The van der Waals surface area contributed by atoms with Gasteiger partial charge in [-0.1, -0.05) is 27.5 Å². The second-order valence-corrected chi connectivity index (χ2v) is 2.95. The second kappa shape index (κ2) is 3.93. The maximum atomic E-state index is 5.77. The highest BCUT2D eigenvalue weighted by molar-refractivity contribution is 9.08. The molecule has 0 fully saturated rings. The van der Waals surface area contributed by atoms with Crippen molar-refractivity contribution in [2.45, 2.75) is 5.33 Å². The number of hydrogen-bond acceptors (Lipinski definition) is 2. The quantitative estimate of drug-likeness (QED) is 0.737. The summed E-state index contributed by atoms with van der Waals surface area (Å²) in [6, 6.07) is 3.46. The molecular weight excluding hydrogens is 229 g/mol. The molecule has 0 N–H and O–H groups in total. The zero-order valence-electron chi connectivity index (χ0n) is 5.97. The fourth-order valence-corrected chi connectivity index (χ4v) is 1.20. The first-order chi connectivity index (χ1) is 5.26. The van der Waals surface area contributed by atoms with E-state index in [1.54, 1.807) is 19.2 Å². The van der Waals surface area contributed by atoms with Crippen molar-refractivity contribution in [1.82, 2.24) is 4.98 Å². The van der Waals surface area contributed by atoms with E-state index in [0.717, 1.165) is 5.69 Å². The SMILES string of the molecule is COc1cc(Cl)cc(CBr)n1. The van der Waals surface area contributed by atoms with E-state index in [0.29, 0.717) is 16.2 Å². The van der Waals surface area contributed by atoms with Crippen LogP contribution < -0.4 is 4.74 Å². The monoisotopic (exact) mass is 235 g/mol. The van der Waals surface area contributed by atoms with Crippen LogP contribution in [0, 0.1) is 0 Å². The summed E-state index contributed by atoms with van der Waals surface area (Å²) in [5, 5.41) is 1.33. The van der Waals surface area contributed by atoms with Crippen LogP contribution in [-0.2, 0) is 5.33 Å². The molecule has 0 spiro atoms. The molecule has 0 saturated heterocycles. The van der Waals surface area contributed by atoms with E-state index in [2.05, 4.69) is 20.9 Å². The van der Waals surface area contributed by atoms with Gasteiger partial charge in [-0.15, -0.1) is 0 Å². The van der Waals surface area contributed by atoms with E-state index in [9.17, 15) is 0 Å². The van der Waals surface area contributed by atoms with Crippen LogP contribution in [0.5, 0.6) is 5.88 Å². The van der Waals surface area contributed by atoms with Gasteiger partial charge >= 0.3 is 0 Å². The average Bonchev–Trinajstić information content (AvgIpc) is 2.03. The lowest BCUT2D eigenvalue weighted by Gasteiger charge is -2.00. The van der Waals surface area contributed by atoms with Gasteiger partial charge in [-0.25, -0.2) is 4.98 Å². The summed E-state index contributed by atoms with van der Waals surface area (Å²) >= 11 is 9.04. The van der Waals surface area contributed by atoms with Crippen LogP contribution in [0.1, 0.15) is 5.69 Å². The Morgan fingerprint density at radius 1 is 1.64 bits per heavy atom. The molecule has 2 nitrogen and oxygen atoms in total. The lowest BCUT2D eigenvalue weighted by atomic mass is 10.4. The fraction of sp³-hybridized carbons (Fsp3) is 0.286. The summed E-state index contributed by atoms with van der Waals surface area (Å²) in [4.78, 5) is 4.12. The number of pyridine rings is 1. The minimum Gasteiger partial charge on any atom is -0.481 e. The smallest absolute Gasteiger partial charge is 0.214 e. The van der Waals surface area contributed by atoms with E-state index in [1.807, 2.05) is 0 Å². The molecule has 1 heterocycles. The summed E-state index contributed by atoms with van der Waals surface area (Å²) in [5.74, 6) is 0.548. The van der Waals surface area contributed by atoms with Crippen molar-refractivity contribution >= 4 is 27.5 Å². The van der Waals surface area contributed by atoms with Crippen molar-refractivity contribution in [2.24, 2.45) is 0 Å². The third kappa shape index (κ3) is 2.34. The number of ether oxygens (including phenoxy) is 1. The van der Waals surface area contributed by atoms with E-state index in [4.69, 9.17) is 16.3 Å². The Morgan fingerprint density at radius 3 is 2.91 bits per heavy atom. The average molecular weight is 236 g/mol. The Labute approximate surface area is 78.7 Å². The van der Waals surface area contributed by atoms with Gasteiger partial charge in [-0.2, -0.15) is 0 Å². The van der Waals surface area contributed by atoms with Crippen molar-refractivity contribution in [1.29, 1.82) is 0 Å². The van der Waals surface area contributed by atoms with Crippen molar-refractivity contribution in [3.8, 4) is 5.88 Å². The molecule has 1 aromatic rings. The van der Waals surface area contributed by atoms with Crippen LogP contribution >= 0.6 is 27.5 Å². The van der Waals surface area contributed by atoms with Crippen LogP contribution in [0.15, 0.2) is 12.1 Å². The standard InChI is InChI=1S/C7H7BrClNO/c1-11-7-3-5(9)2-6(4-8)10-7/h2-3H,4H2,1H3. The molecule has 0 amide bonds. The van der Waals surface area contributed by atoms with Crippen LogP contribution in [0.4, 0.5) is 0 Å². The number of methoxy groups -OCH3 is 1. The minimum atomic E-state index is 0.548. The van der Waals surface area contributed by atoms with Gasteiger partial charge in [0.1, 0.15) is 0 Å². The van der Waals surface area contributed by atoms with Crippen molar-refractivity contribution in [3.05, 3.63) is 22.8 Å². The third-order valence-corrected chi connectivity index (χ3v) is 1.96. The van der Waals surface area contributed by atoms with Gasteiger partial charge in [-0.3, -0.25) is 0 Å². The molecule has 60 valence electrons. The van der Waals surface area contributed by atoms with Gasteiger partial charge in [0.05, 0.1) is 12.8 Å². The number of nitrogens with zero attached hydrogens (tertiary/aromatic N) is 1. The van der Waals surface area contributed by atoms with Gasteiger partial charge in [0.25, 0.3) is 0 Å². The van der Waals surface area contributed by atoms with Crippen molar-refractivity contribution in [2.75, 3.05) is 7.11 Å². The normalized spacial score (nSPS) is 9.73. The maximum absolute atomic E-state index is 5.77. The first-order valence-corrected chi connectivity index (χ1v) is 4.52. The molecule has 0 unspecified atom stereocenters. The second-order valence-electron chi connectivity index (χ2n) is 1.95. The van der Waals surface area contributed by atoms with E-state index < -0.39 is 0 Å². The molecule has 0 aliphatic carbocycles. The summed E-state index contributed by atoms with van der Waals surface area (Å²) in [6.07, 6.45) is 0. The van der Waals surface area contributed by atoms with E-state index in [-0.39, 0.29) is 0 Å². The molecule has 0 bridgehead atoms. The molecule has 0 aromatic carbocycles. The topological polar surface area (TPSA) is 22.1 Å². The Hall–Kier alpha value is -0.280. The molecule has 0 atom stereocenters. The minimum absolute atomic E-state index is 0.548. The molecule has 0 saturated carbocycles. The molecule has 0 aliphatic rings. The van der Waals surface area contributed by atoms with Gasteiger partial charge in [-0.05, 0) is 6.07 Å². The highest BCUT2D eigenvalue weighted by Crippen LogP contribution is 2.17. The van der Waals surface area contributed by atoms with Crippen LogP contribution in [-0.4, -0.2) is 12.1 Å². The Bertz CT molecular complexity index is 232. The number of alkyl halides is 1. The zero-order valence-corrected chi connectivity index (χ0v) is 8.32. The van der Waals surface area contributed by atoms with Gasteiger partial charge in [0, 0.05) is 16.4 Å². The summed E-state index contributed by atoms with van der Waals surface area (Å²) in [6.45, 7) is 0. The highest BCUT2D eigenvalue weighted by Gasteiger charge is 1.98.